The Bertz CT molecular complexity index is 1020. The normalized spacial score (nSPS) is 22.9. The number of carbonyl (C=O) groups is 1. The molecule has 1 amide bonds. The second-order valence-electron chi connectivity index (χ2n) is 8.38. The molecule has 1 saturated heterocycles. The summed E-state index contributed by atoms with van der Waals surface area (Å²) in [6.45, 7) is 3.34. The Labute approximate surface area is 176 Å². The highest BCUT2D eigenvalue weighted by Crippen LogP contribution is 2.38. The summed E-state index contributed by atoms with van der Waals surface area (Å²) in [5, 5.41) is 12.7. The summed E-state index contributed by atoms with van der Waals surface area (Å²) < 4.78 is 0. The van der Waals surface area contributed by atoms with Gasteiger partial charge in [0.2, 0.25) is 11.9 Å². The van der Waals surface area contributed by atoms with Gasteiger partial charge in [0, 0.05) is 31.9 Å². The third kappa shape index (κ3) is 3.25. The smallest absolute Gasteiger partial charge is 0.246 e. The van der Waals surface area contributed by atoms with E-state index in [0.29, 0.717) is 18.8 Å². The van der Waals surface area contributed by atoms with E-state index in [1.165, 1.54) is 11.1 Å². The number of rotatable bonds is 2. The second-order valence-corrected chi connectivity index (χ2v) is 8.38. The van der Waals surface area contributed by atoms with Gasteiger partial charge in [0.1, 0.15) is 0 Å². The van der Waals surface area contributed by atoms with E-state index in [1.807, 2.05) is 18.2 Å². The average molecular weight is 399 g/mol. The average Bonchev–Trinajstić information content (AvgIpc) is 3.20. The number of carbonyl (C=O) groups excluding carboxylic acids is 1. The van der Waals surface area contributed by atoms with Crippen molar-refractivity contribution in [3.8, 4) is 6.07 Å². The largest absolute Gasteiger partial charge is 0.312 e. The molecular weight excluding hydrogens is 374 g/mol. The maximum Gasteiger partial charge on any atom is 0.246 e. The monoisotopic (exact) mass is 399 g/mol. The first-order chi connectivity index (χ1) is 14.7. The fourth-order valence-electron chi connectivity index (χ4n) is 4.94. The number of anilines is 1. The van der Waals surface area contributed by atoms with Gasteiger partial charge in [-0.25, -0.2) is 4.99 Å². The van der Waals surface area contributed by atoms with E-state index in [9.17, 15) is 10.1 Å². The summed E-state index contributed by atoms with van der Waals surface area (Å²) in [4.78, 5) is 22.4. The van der Waals surface area contributed by atoms with Crippen LogP contribution in [0.25, 0.3) is 0 Å². The number of nitriles is 1. The predicted molar refractivity (Wildman–Crippen MR) is 116 cm³/mol. The topological polar surface area (TPSA) is 71.7 Å². The van der Waals surface area contributed by atoms with Gasteiger partial charge in [0.05, 0.1) is 11.6 Å². The Balaban J connectivity index is 1.40. The molecule has 1 spiro atoms. The van der Waals surface area contributed by atoms with Crippen molar-refractivity contribution in [2.24, 2.45) is 10.9 Å². The molecule has 30 heavy (non-hydrogen) atoms. The van der Waals surface area contributed by atoms with Crippen LogP contribution in [0.1, 0.15) is 24.0 Å². The summed E-state index contributed by atoms with van der Waals surface area (Å²) in [6.07, 6.45) is 2.36. The highest BCUT2D eigenvalue weighted by molar-refractivity contribution is 6.09. The first-order valence-electron chi connectivity index (χ1n) is 10.6. The fourth-order valence-corrected chi connectivity index (χ4v) is 4.94. The number of benzene rings is 2. The van der Waals surface area contributed by atoms with Crippen molar-refractivity contribution in [3.63, 3.8) is 0 Å². The highest BCUT2D eigenvalue weighted by Gasteiger charge is 2.49. The van der Waals surface area contributed by atoms with E-state index in [4.69, 9.17) is 4.99 Å². The van der Waals surface area contributed by atoms with Gasteiger partial charge in [0.15, 0.2) is 5.92 Å². The van der Waals surface area contributed by atoms with Crippen molar-refractivity contribution < 1.29 is 4.79 Å². The molecule has 1 N–H and O–H groups in total. The lowest BCUT2D eigenvalue weighted by Gasteiger charge is -2.44. The van der Waals surface area contributed by atoms with E-state index < -0.39 is 11.5 Å². The predicted octanol–water partition coefficient (Wildman–Crippen LogP) is 2.71. The van der Waals surface area contributed by atoms with Crippen LogP contribution in [-0.2, 0) is 17.8 Å². The highest BCUT2D eigenvalue weighted by atomic mass is 16.2. The van der Waals surface area contributed by atoms with Crippen molar-refractivity contribution in [2.45, 2.75) is 31.3 Å². The first kappa shape index (κ1) is 18.8. The van der Waals surface area contributed by atoms with Gasteiger partial charge < -0.3 is 4.90 Å². The van der Waals surface area contributed by atoms with Crippen molar-refractivity contribution in [2.75, 3.05) is 24.5 Å². The molecule has 152 valence electrons. The number of fused-ring (bicyclic) bond motifs is 1. The third-order valence-corrected chi connectivity index (χ3v) is 6.61. The number of hydrogen-bond donors (Lipinski definition) is 1. The molecule has 0 saturated carbocycles. The van der Waals surface area contributed by atoms with Crippen molar-refractivity contribution >= 4 is 17.6 Å². The van der Waals surface area contributed by atoms with Gasteiger partial charge in [-0.05, 0) is 36.5 Å². The molecule has 3 aliphatic rings. The maximum atomic E-state index is 12.9. The van der Waals surface area contributed by atoms with Gasteiger partial charge >= 0.3 is 0 Å². The molecule has 1 fully saturated rings. The standard InChI is InChI=1S/C24H25N5O/c25-16-20-22(30)26-23(29-13-10-19-8-4-5-9-21(19)29)27-24(20)11-14-28(15-12-24)17-18-6-2-1-3-7-18/h1-9,20H,10-15,17H2,(H,26,27,30)/t20-/m1/s1. The molecular formula is C24H25N5O. The molecule has 2 aromatic rings. The molecule has 0 aliphatic carbocycles. The molecule has 0 aromatic heterocycles. The molecule has 0 bridgehead atoms. The van der Waals surface area contributed by atoms with Crippen LogP contribution < -0.4 is 10.2 Å². The van der Waals surface area contributed by atoms with E-state index >= 15 is 0 Å². The lowest BCUT2D eigenvalue weighted by molar-refractivity contribution is -0.125. The first-order valence-corrected chi connectivity index (χ1v) is 10.6. The molecule has 1 atom stereocenters. The van der Waals surface area contributed by atoms with Gasteiger partial charge in [0.25, 0.3) is 0 Å². The van der Waals surface area contributed by atoms with E-state index in [-0.39, 0.29) is 5.91 Å². The SMILES string of the molecule is N#C[C@@H]1C(=O)NC(N2CCc3ccccc32)=NC12CCN(Cc1ccccc1)CC2. The molecule has 2 aromatic carbocycles. The zero-order valence-electron chi connectivity index (χ0n) is 16.9. The Hall–Kier alpha value is -3.17. The van der Waals surface area contributed by atoms with Crippen LogP contribution in [-0.4, -0.2) is 41.9 Å². The van der Waals surface area contributed by atoms with E-state index in [1.54, 1.807) is 0 Å². The number of amides is 1. The number of guanidine groups is 1. The van der Waals surface area contributed by atoms with Gasteiger partial charge in [-0.1, -0.05) is 48.5 Å². The van der Waals surface area contributed by atoms with Crippen LogP contribution in [0.2, 0.25) is 0 Å². The van der Waals surface area contributed by atoms with Crippen molar-refractivity contribution in [1.29, 1.82) is 5.26 Å². The van der Waals surface area contributed by atoms with E-state index in [2.05, 4.69) is 57.6 Å². The molecule has 0 radical (unpaired) electrons. The molecule has 5 rings (SSSR count). The number of hydrogen-bond acceptors (Lipinski definition) is 5. The quantitative estimate of drug-likeness (QED) is 0.843. The minimum absolute atomic E-state index is 0.219. The molecule has 6 heteroatoms. The molecule has 3 aliphatic heterocycles. The number of para-hydroxylation sites is 1. The Morgan fingerprint density at radius 2 is 1.80 bits per heavy atom. The minimum Gasteiger partial charge on any atom is -0.312 e. The van der Waals surface area contributed by atoms with Crippen molar-refractivity contribution in [1.82, 2.24) is 10.2 Å². The lowest BCUT2D eigenvalue weighted by atomic mass is 9.76. The number of nitrogens with one attached hydrogen (secondary N) is 1. The fraction of sp³-hybridized carbons (Fsp3) is 0.375. The Morgan fingerprint density at radius 3 is 2.57 bits per heavy atom. The maximum absolute atomic E-state index is 12.9. The summed E-state index contributed by atoms with van der Waals surface area (Å²) in [5.74, 6) is -0.352. The van der Waals surface area contributed by atoms with Crippen LogP contribution in [0.3, 0.4) is 0 Å². The number of nitrogens with zero attached hydrogens (tertiary/aromatic N) is 4. The van der Waals surface area contributed by atoms with Crippen LogP contribution in [0, 0.1) is 17.2 Å². The summed E-state index contributed by atoms with van der Waals surface area (Å²) in [5.41, 5.74) is 3.01. The Kier molecular flexibility index (Phi) is 4.76. The van der Waals surface area contributed by atoms with Gasteiger partial charge in [-0.15, -0.1) is 0 Å². The second kappa shape index (κ2) is 7.58. The summed E-state index contributed by atoms with van der Waals surface area (Å²) >= 11 is 0. The molecule has 0 unspecified atom stereocenters. The lowest BCUT2D eigenvalue weighted by Crippen LogP contribution is -2.60. The van der Waals surface area contributed by atoms with Crippen LogP contribution in [0.5, 0.6) is 0 Å². The zero-order chi connectivity index (χ0) is 20.6. The van der Waals surface area contributed by atoms with Gasteiger partial charge in [-0.2, -0.15) is 5.26 Å². The van der Waals surface area contributed by atoms with Crippen LogP contribution >= 0.6 is 0 Å². The number of likely N-dealkylation sites (tertiary alicyclic amines) is 1. The molecule has 6 nitrogen and oxygen atoms in total. The Morgan fingerprint density at radius 1 is 1.07 bits per heavy atom. The number of piperidine rings is 1. The molecule has 3 heterocycles. The van der Waals surface area contributed by atoms with Crippen LogP contribution in [0.4, 0.5) is 5.69 Å². The van der Waals surface area contributed by atoms with Crippen LogP contribution in [0.15, 0.2) is 59.6 Å². The van der Waals surface area contributed by atoms with Gasteiger partial charge in [-0.3, -0.25) is 15.0 Å². The zero-order valence-corrected chi connectivity index (χ0v) is 16.9. The summed E-state index contributed by atoms with van der Waals surface area (Å²) in [6, 6.07) is 20.9. The third-order valence-electron chi connectivity index (χ3n) is 6.61. The summed E-state index contributed by atoms with van der Waals surface area (Å²) in [7, 11) is 0. The van der Waals surface area contributed by atoms with E-state index in [0.717, 1.165) is 38.3 Å². The minimum atomic E-state index is -0.738. The van der Waals surface area contributed by atoms with Crippen molar-refractivity contribution in [3.05, 3.63) is 65.7 Å². The number of aliphatic imine (C=N–C) groups is 1.